The van der Waals surface area contributed by atoms with Crippen molar-refractivity contribution >= 4 is 0 Å². The third kappa shape index (κ3) is 3.24. The first-order chi connectivity index (χ1) is 12.7. The maximum absolute atomic E-state index is 10.7. The van der Waals surface area contributed by atoms with Gasteiger partial charge in [-0.3, -0.25) is 4.90 Å². The number of nitrogens with zero attached hydrogens (tertiary/aromatic N) is 1. The van der Waals surface area contributed by atoms with Gasteiger partial charge in [0.15, 0.2) is 11.5 Å². The average Bonchev–Trinajstić information content (AvgIpc) is 3.11. The zero-order valence-electron chi connectivity index (χ0n) is 14.6. The van der Waals surface area contributed by atoms with Crippen molar-refractivity contribution in [1.82, 2.24) is 4.90 Å². The molecule has 4 rings (SSSR count). The van der Waals surface area contributed by atoms with Gasteiger partial charge in [0.25, 0.3) is 0 Å². The first-order valence-electron chi connectivity index (χ1n) is 8.64. The minimum absolute atomic E-state index is 0.106. The standard InChI is InChI=1S/C22H21NO3/c1-23(14-16-8-4-2-5-9-16)22(17-10-6-3-7-11-17)18-12-20-21(13-19(18)24)26-15-25-20/h2-13,22,24H,14-15H2,1H3. The number of hydrogen-bond acceptors (Lipinski definition) is 4. The third-order valence-corrected chi connectivity index (χ3v) is 4.65. The largest absolute Gasteiger partial charge is 0.507 e. The predicted octanol–water partition coefficient (Wildman–Crippen LogP) is 4.34. The summed E-state index contributed by atoms with van der Waals surface area (Å²) in [5, 5.41) is 10.7. The number of ether oxygens (including phenoxy) is 2. The molecule has 1 N–H and O–H groups in total. The van der Waals surface area contributed by atoms with Gasteiger partial charge in [0.1, 0.15) is 5.75 Å². The van der Waals surface area contributed by atoms with E-state index < -0.39 is 0 Å². The van der Waals surface area contributed by atoms with Gasteiger partial charge in [0, 0.05) is 18.2 Å². The van der Waals surface area contributed by atoms with E-state index in [-0.39, 0.29) is 18.6 Å². The van der Waals surface area contributed by atoms with Crippen LogP contribution in [-0.4, -0.2) is 23.8 Å². The fourth-order valence-electron chi connectivity index (χ4n) is 3.44. The molecule has 0 bridgehead atoms. The molecule has 0 amide bonds. The molecule has 1 atom stereocenters. The predicted molar refractivity (Wildman–Crippen MR) is 100 cm³/mol. The second-order valence-electron chi connectivity index (χ2n) is 6.48. The number of hydrogen-bond donors (Lipinski definition) is 1. The monoisotopic (exact) mass is 347 g/mol. The van der Waals surface area contributed by atoms with Crippen LogP contribution in [0, 0.1) is 0 Å². The summed E-state index contributed by atoms with van der Waals surface area (Å²) in [6.45, 7) is 0.947. The number of fused-ring (bicyclic) bond motifs is 1. The topological polar surface area (TPSA) is 41.9 Å². The van der Waals surface area contributed by atoms with Crippen LogP contribution in [0.15, 0.2) is 72.8 Å². The van der Waals surface area contributed by atoms with E-state index >= 15 is 0 Å². The molecule has 0 radical (unpaired) electrons. The molecule has 4 nitrogen and oxygen atoms in total. The molecule has 3 aromatic rings. The van der Waals surface area contributed by atoms with Crippen LogP contribution in [0.2, 0.25) is 0 Å². The van der Waals surface area contributed by atoms with Gasteiger partial charge >= 0.3 is 0 Å². The Balaban J connectivity index is 1.74. The molecule has 0 spiro atoms. The normalized spacial score (nSPS) is 13.8. The van der Waals surface area contributed by atoms with Crippen LogP contribution in [0.1, 0.15) is 22.7 Å². The number of benzene rings is 3. The van der Waals surface area contributed by atoms with Gasteiger partial charge in [-0.2, -0.15) is 0 Å². The smallest absolute Gasteiger partial charge is 0.231 e. The maximum atomic E-state index is 10.7. The Morgan fingerprint density at radius 3 is 2.23 bits per heavy atom. The Hall–Kier alpha value is -2.98. The fraction of sp³-hybridized carbons (Fsp3) is 0.182. The van der Waals surface area contributed by atoms with Gasteiger partial charge in [-0.1, -0.05) is 60.7 Å². The molecule has 0 aromatic heterocycles. The van der Waals surface area contributed by atoms with Crippen LogP contribution in [0.25, 0.3) is 0 Å². The van der Waals surface area contributed by atoms with E-state index in [1.807, 2.05) is 42.5 Å². The molecule has 26 heavy (non-hydrogen) atoms. The zero-order chi connectivity index (χ0) is 17.9. The lowest BCUT2D eigenvalue weighted by Gasteiger charge is -2.29. The number of rotatable bonds is 5. The Bertz CT molecular complexity index is 881. The van der Waals surface area contributed by atoms with Gasteiger partial charge in [-0.25, -0.2) is 0 Å². The van der Waals surface area contributed by atoms with Crippen molar-refractivity contribution in [3.05, 3.63) is 89.5 Å². The molecule has 0 saturated heterocycles. The molecule has 1 aliphatic rings. The van der Waals surface area contributed by atoms with Gasteiger partial charge in [0.05, 0.1) is 6.04 Å². The van der Waals surface area contributed by atoms with Crippen molar-refractivity contribution in [2.75, 3.05) is 13.8 Å². The summed E-state index contributed by atoms with van der Waals surface area (Å²) in [6, 6.07) is 23.9. The molecule has 1 unspecified atom stereocenters. The van der Waals surface area contributed by atoms with E-state index in [2.05, 4.69) is 36.2 Å². The average molecular weight is 347 g/mol. The van der Waals surface area contributed by atoms with Crippen molar-refractivity contribution < 1.29 is 14.6 Å². The van der Waals surface area contributed by atoms with Crippen LogP contribution in [-0.2, 0) is 6.54 Å². The van der Waals surface area contributed by atoms with Crippen molar-refractivity contribution in [2.45, 2.75) is 12.6 Å². The van der Waals surface area contributed by atoms with Crippen LogP contribution in [0.4, 0.5) is 0 Å². The highest BCUT2D eigenvalue weighted by molar-refractivity contribution is 5.54. The second-order valence-corrected chi connectivity index (χ2v) is 6.48. The summed E-state index contributed by atoms with van der Waals surface area (Å²) in [5.41, 5.74) is 3.13. The van der Waals surface area contributed by atoms with Crippen molar-refractivity contribution in [3.8, 4) is 17.2 Å². The highest BCUT2D eigenvalue weighted by Crippen LogP contribution is 2.43. The lowest BCUT2D eigenvalue weighted by Crippen LogP contribution is -2.25. The van der Waals surface area contributed by atoms with Crippen molar-refractivity contribution in [2.24, 2.45) is 0 Å². The number of phenols is 1. The van der Waals surface area contributed by atoms with E-state index in [0.717, 1.165) is 17.7 Å². The summed E-state index contributed by atoms with van der Waals surface area (Å²) in [6.07, 6.45) is 0. The molecular formula is C22H21NO3. The van der Waals surface area contributed by atoms with Crippen LogP contribution >= 0.6 is 0 Å². The molecule has 4 heteroatoms. The summed E-state index contributed by atoms with van der Waals surface area (Å²) >= 11 is 0. The van der Waals surface area contributed by atoms with E-state index in [0.29, 0.717) is 11.5 Å². The SMILES string of the molecule is CN(Cc1ccccc1)C(c1ccccc1)c1cc2c(cc1O)OCO2. The van der Waals surface area contributed by atoms with E-state index in [9.17, 15) is 5.11 Å². The van der Waals surface area contributed by atoms with Crippen LogP contribution in [0.5, 0.6) is 17.2 Å². The fourth-order valence-corrected chi connectivity index (χ4v) is 3.44. The first kappa shape index (κ1) is 16.5. The minimum Gasteiger partial charge on any atom is -0.507 e. The van der Waals surface area contributed by atoms with Gasteiger partial charge in [-0.15, -0.1) is 0 Å². The molecule has 0 fully saturated rings. The Morgan fingerprint density at radius 1 is 0.923 bits per heavy atom. The minimum atomic E-state index is -0.106. The van der Waals surface area contributed by atoms with E-state index in [4.69, 9.17) is 9.47 Å². The van der Waals surface area contributed by atoms with Gasteiger partial charge in [-0.05, 0) is 24.2 Å². The highest BCUT2D eigenvalue weighted by Gasteiger charge is 2.26. The molecule has 132 valence electrons. The molecule has 0 aliphatic carbocycles. The second kappa shape index (κ2) is 7.10. The summed E-state index contributed by atoms with van der Waals surface area (Å²) in [4.78, 5) is 2.22. The number of phenolic OH excluding ortho intramolecular Hbond substituents is 1. The first-order valence-corrected chi connectivity index (χ1v) is 8.64. The van der Waals surface area contributed by atoms with Crippen molar-refractivity contribution in [3.63, 3.8) is 0 Å². The molecule has 3 aromatic carbocycles. The Kier molecular flexibility index (Phi) is 4.50. The van der Waals surface area contributed by atoms with E-state index in [1.54, 1.807) is 6.07 Å². The summed E-state index contributed by atoms with van der Waals surface area (Å²) in [7, 11) is 2.06. The Labute approximate surface area is 153 Å². The lowest BCUT2D eigenvalue weighted by molar-refractivity contribution is 0.173. The highest BCUT2D eigenvalue weighted by atomic mass is 16.7. The van der Waals surface area contributed by atoms with E-state index in [1.165, 1.54) is 5.56 Å². The number of aromatic hydroxyl groups is 1. The maximum Gasteiger partial charge on any atom is 0.231 e. The molecule has 1 heterocycles. The third-order valence-electron chi connectivity index (χ3n) is 4.65. The lowest BCUT2D eigenvalue weighted by atomic mass is 9.95. The molecular weight excluding hydrogens is 326 g/mol. The van der Waals surface area contributed by atoms with Gasteiger partial charge < -0.3 is 14.6 Å². The Morgan fingerprint density at radius 2 is 1.54 bits per heavy atom. The summed E-state index contributed by atoms with van der Waals surface area (Å²) in [5.74, 6) is 1.47. The quantitative estimate of drug-likeness (QED) is 0.745. The molecule has 0 saturated carbocycles. The van der Waals surface area contributed by atoms with Crippen molar-refractivity contribution in [1.29, 1.82) is 0 Å². The summed E-state index contributed by atoms with van der Waals surface area (Å²) < 4.78 is 10.9. The molecule has 1 aliphatic heterocycles. The van der Waals surface area contributed by atoms with Crippen LogP contribution in [0.3, 0.4) is 0 Å². The van der Waals surface area contributed by atoms with Crippen LogP contribution < -0.4 is 9.47 Å². The zero-order valence-corrected chi connectivity index (χ0v) is 14.6. The van der Waals surface area contributed by atoms with Gasteiger partial charge in [0.2, 0.25) is 6.79 Å².